The molecule has 0 aliphatic carbocycles. The van der Waals surface area contributed by atoms with E-state index >= 15 is 0 Å². The molecule has 1 fully saturated rings. The summed E-state index contributed by atoms with van der Waals surface area (Å²) < 4.78 is 4.81. The van der Waals surface area contributed by atoms with Crippen LogP contribution in [-0.2, 0) is 23.9 Å². The summed E-state index contributed by atoms with van der Waals surface area (Å²) in [6.45, 7) is 2.36. The first kappa shape index (κ1) is 15.4. The summed E-state index contributed by atoms with van der Waals surface area (Å²) in [6.07, 6.45) is 0. The van der Waals surface area contributed by atoms with Crippen molar-refractivity contribution in [2.75, 3.05) is 12.4 Å². The molecule has 0 spiro atoms. The predicted molar refractivity (Wildman–Crippen MR) is 72.0 cm³/mol. The van der Waals surface area contributed by atoms with Crippen molar-refractivity contribution in [3.05, 3.63) is 11.3 Å². The first-order chi connectivity index (χ1) is 9.82. The summed E-state index contributed by atoms with van der Waals surface area (Å²) >= 11 is 1.33. The van der Waals surface area contributed by atoms with Gasteiger partial charge < -0.3 is 15.2 Å². The number of carbonyl (C=O) groups is 4. The second-order valence-electron chi connectivity index (χ2n) is 4.63. The first-order valence-corrected chi connectivity index (χ1v) is 7.18. The van der Waals surface area contributed by atoms with Crippen LogP contribution in [0.3, 0.4) is 0 Å². The van der Waals surface area contributed by atoms with Gasteiger partial charge >= 0.3 is 11.9 Å². The van der Waals surface area contributed by atoms with Crippen LogP contribution in [0.1, 0.15) is 13.8 Å². The molecule has 2 N–H and O–H groups in total. The molecule has 2 amide bonds. The number of fused-ring (bicyclic) bond motifs is 1. The number of β-lactam (4-membered cyclic amide) rings is 1. The SMILES string of the molecule is CC(=O)NC1C(=O)N2C(C(=O)O)=C(COC(C)=O)CSC12. The Morgan fingerprint density at radius 1 is 1.43 bits per heavy atom. The van der Waals surface area contributed by atoms with Gasteiger partial charge in [-0.2, -0.15) is 0 Å². The van der Waals surface area contributed by atoms with Gasteiger partial charge in [0.05, 0.1) is 0 Å². The molecule has 1 saturated heterocycles. The van der Waals surface area contributed by atoms with Gasteiger partial charge in [-0.1, -0.05) is 0 Å². The Bertz CT molecular complexity index is 558. The van der Waals surface area contributed by atoms with Crippen LogP contribution in [0.25, 0.3) is 0 Å². The molecule has 9 heteroatoms. The highest BCUT2D eigenvalue weighted by molar-refractivity contribution is 8.00. The number of esters is 1. The topological polar surface area (TPSA) is 113 Å². The average Bonchev–Trinajstić information content (AvgIpc) is 2.40. The minimum absolute atomic E-state index is 0.161. The van der Waals surface area contributed by atoms with Crippen molar-refractivity contribution in [1.29, 1.82) is 0 Å². The Morgan fingerprint density at radius 2 is 2.10 bits per heavy atom. The number of amides is 2. The number of hydrogen-bond acceptors (Lipinski definition) is 6. The fourth-order valence-corrected chi connectivity index (χ4v) is 3.53. The molecular weight excluding hydrogens is 300 g/mol. The standard InChI is InChI=1S/C12H14N2O6S/c1-5(15)13-8-10(17)14-9(12(18)19)7(3-20-6(2)16)4-21-11(8)14/h8,11H,3-4H2,1-2H3,(H,13,15)(H,18,19). The molecule has 0 aromatic rings. The number of nitrogens with zero attached hydrogens (tertiary/aromatic N) is 1. The molecule has 114 valence electrons. The summed E-state index contributed by atoms with van der Waals surface area (Å²) in [5.74, 6) is -2.28. The number of carbonyl (C=O) groups excluding carboxylic acids is 3. The van der Waals surface area contributed by atoms with Crippen molar-refractivity contribution >= 4 is 35.5 Å². The zero-order valence-electron chi connectivity index (χ0n) is 11.4. The van der Waals surface area contributed by atoms with E-state index in [-0.39, 0.29) is 18.2 Å². The van der Waals surface area contributed by atoms with Gasteiger partial charge in [0.1, 0.15) is 23.7 Å². The van der Waals surface area contributed by atoms with Crippen LogP contribution < -0.4 is 5.32 Å². The van der Waals surface area contributed by atoms with Crippen molar-refractivity contribution in [2.45, 2.75) is 25.3 Å². The van der Waals surface area contributed by atoms with E-state index in [1.165, 1.54) is 25.6 Å². The smallest absolute Gasteiger partial charge is 0.352 e. The second kappa shape index (κ2) is 5.76. The number of nitrogens with one attached hydrogen (secondary N) is 1. The highest BCUT2D eigenvalue weighted by Crippen LogP contribution is 2.40. The van der Waals surface area contributed by atoms with Crippen LogP contribution in [0, 0.1) is 0 Å². The molecule has 2 aliphatic rings. The van der Waals surface area contributed by atoms with Crippen LogP contribution in [-0.4, -0.2) is 57.5 Å². The number of carboxylic acid groups (broad SMARTS) is 1. The molecule has 0 aromatic heterocycles. The van der Waals surface area contributed by atoms with Gasteiger partial charge in [-0.25, -0.2) is 4.79 Å². The van der Waals surface area contributed by atoms with Crippen LogP contribution in [0.2, 0.25) is 0 Å². The van der Waals surface area contributed by atoms with Gasteiger partial charge in [0.15, 0.2) is 0 Å². The van der Waals surface area contributed by atoms with Gasteiger partial charge in [-0.15, -0.1) is 11.8 Å². The van der Waals surface area contributed by atoms with Crippen LogP contribution in [0.4, 0.5) is 0 Å². The summed E-state index contributed by atoms with van der Waals surface area (Å²) in [7, 11) is 0. The minimum atomic E-state index is -1.25. The molecule has 21 heavy (non-hydrogen) atoms. The van der Waals surface area contributed by atoms with Crippen LogP contribution in [0.15, 0.2) is 11.3 Å². The highest BCUT2D eigenvalue weighted by atomic mass is 32.2. The second-order valence-corrected chi connectivity index (χ2v) is 5.73. The van der Waals surface area contributed by atoms with Gasteiger partial charge in [0.25, 0.3) is 5.91 Å². The normalized spacial score (nSPS) is 24.1. The summed E-state index contributed by atoms with van der Waals surface area (Å²) in [4.78, 5) is 46.4. The molecule has 2 heterocycles. The molecule has 0 aromatic carbocycles. The lowest BCUT2D eigenvalue weighted by Gasteiger charge is -2.49. The van der Waals surface area contributed by atoms with E-state index in [1.807, 2.05) is 0 Å². The van der Waals surface area contributed by atoms with E-state index in [0.29, 0.717) is 11.3 Å². The Labute approximate surface area is 124 Å². The molecule has 2 atom stereocenters. The lowest BCUT2D eigenvalue weighted by atomic mass is 10.0. The van der Waals surface area contributed by atoms with Gasteiger partial charge in [-0.05, 0) is 0 Å². The van der Waals surface area contributed by atoms with E-state index in [2.05, 4.69) is 5.32 Å². The summed E-state index contributed by atoms with van der Waals surface area (Å²) in [5, 5.41) is 11.4. The largest absolute Gasteiger partial charge is 0.477 e. The molecule has 0 saturated carbocycles. The minimum Gasteiger partial charge on any atom is -0.477 e. The summed E-state index contributed by atoms with van der Waals surface area (Å²) in [5.41, 5.74) is 0.208. The van der Waals surface area contributed by atoms with E-state index in [1.54, 1.807) is 0 Å². The number of thioether (sulfide) groups is 1. The molecule has 0 radical (unpaired) electrons. The summed E-state index contributed by atoms with van der Waals surface area (Å²) in [6, 6.07) is -0.711. The molecule has 0 bridgehead atoms. The highest BCUT2D eigenvalue weighted by Gasteiger charge is 2.53. The van der Waals surface area contributed by atoms with E-state index in [9.17, 15) is 24.3 Å². The number of carboxylic acids is 1. The molecule has 2 unspecified atom stereocenters. The zero-order valence-corrected chi connectivity index (χ0v) is 12.2. The molecular formula is C12H14N2O6S. The zero-order chi connectivity index (χ0) is 15.7. The Hall–Kier alpha value is -2.03. The fourth-order valence-electron chi connectivity index (χ4n) is 2.20. The predicted octanol–water partition coefficient (Wildman–Crippen LogP) is -0.692. The third-order valence-electron chi connectivity index (χ3n) is 3.06. The lowest BCUT2D eigenvalue weighted by Crippen LogP contribution is -2.70. The molecule has 2 aliphatic heterocycles. The monoisotopic (exact) mass is 314 g/mol. The maximum absolute atomic E-state index is 12.0. The molecule has 8 nitrogen and oxygen atoms in total. The van der Waals surface area contributed by atoms with Crippen molar-refractivity contribution in [3.63, 3.8) is 0 Å². The van der Waals surface area contributed by atoms with Gasteiger partial charge in [0, 0.05) is 25.2 Å². The third-order valence-corrected chi connectivity index (χ3v) is 4.40. The van der Waals surface area contributed by atoms with Crippen molar-refractivity contribution in [1.82, 2.24) is 10.2 Å². The quantitative estimate of drug-likeness (QED) is 0.521. The number of ether oxygens (including phenoxy) is 1. The van der Waals surface area contributed by atoms with Crippen LogP contribution >= 0.6 is 11.8 Å². The number of rotatable bonds is 4. The third kappa shape index (κ3) is 2.87. The van der Waals surface area contributed by atoms with E-state index < -0.39 is 29.3 Å². The van der Waals surface area contributed by atoms with Gasteiger partial charge in [0.2, 0.25) is 5.91 Å². The number of aliphatic carboxylic acids is 1. The lowest BCUT2D eigenvalue weighted by molar-refractivity contribution is -0.150. The Kier molecular flexibility index (Phi) is 4.21. The Morgan fingerprint density at radius 3 is 2.62 bits per heavy atom. The van der Waals surface area contributed by atoms with Crippen molar-refractivity contribution in [3.8, 4) is 0 Å². The average molecular weight is 314 g/mol. The van der Waals surface area contributed by atoms with Gasteiger partial charge in [-0.3, -0.25) is 19.3 Å². The number of hydrogen-bond donors (Lipinski definition) is 2. The Balaban J connectivity index is 2.22. The van der Waals surface area contributed by atoms with Crippen molar-refractivity contribution in [2.24, 2.45) is 0 Å². The van der Waals surface area contributed by atoms with E-state index in [0.717, 1.165) is 4.90 Å². The molecule has 2 rings (SSSR count). The maximum atomic E-state index is 12.0. The van der Waals surface area contributed by atoms with E-state index in [4.69, 9.17) is 4.74 Å². The first-order valence-electron chi connectivity index (χ1n) is 6.13. The maximum Gasteiger partial charge on any atom is 0.352 e. The fraction of sp³-hybridized carbons (Fsp3) is 0.500. The van der Waals surface area contributed by atoms with Crippen molar-refractivity contribution < 1.29 is 29.0 Å². The van der Waals surface area contributed by atoms with Crippen LogP contribution in [0.5, 0.6) is 0 Å².